The number of rotatable bonds is 8. The minimum atomic E-state index is 0.0192. The van der Waals surface area contributed by atoms with Crippen molar-refractivity contribution < 1.29 is 4.74 Å². The molecule has 0 amide bonds. The predicted molar refractivity (Wildman–Crippen MR) is 101 cm³/mol. The lowest BCUT2D eigenvalue weighted by molar-refractivity contribution is 0.0999. The van der Waals surface area contributed by atoms with E-state index in [1.807, 2.05) is 29.5 Å². The van der Waals surface area contributed by atoms with Gasteiger partial charge >= 0.3 is 0 Å². The summed E-state index contributed by atoms with van der Waals surface area (Å²) in [6.45, 7) is 7.48. The van der Waals surface area contributed by atoms with E-state index in [1.165, 1.54) is 10.4 Å². The zero-order chi connectivity index (χ0) is 16.8. The smallest absolute Gasteiger partial charge is 0.0946 e. The second kappa shape index (κ2) is 8.84. The maximum atomic E-state index is 6.07. The van der Waals surface area contributed by atoms with E-state index in [-0.39, 0.29) is 6.10 Å². The number of benzene rings is 1. The zero-order valence-corrected chi connectivity index (χ0v) is 15.9. The quantitative estimate of drug-likeness (QED) is 0.684. The minimum Gasteiger partial charge on any atom is -0.375 e. The summed E-state index contributed by atoms with van der Waals surface area (Å²) in [5.41, 5.74) is 2.55. The van der Waals surface area contributed by atoms with Crippen LogP contribution in [0.25, 0.3) is 0 Å². The van der Waals surface area contributed by atoms with Gasteiger partial charge in [0.25, 0.3) is 0 Å². The van der Waals surface area contributed by atoms with Crippen molar-refractivity contribution in [2.75, 3.05) is 13.7 Å². The molecule has 1 aromatic heterocycles. The number of ether oxygens (including phenoxy) is 1. The molecule has 4 heteroatoms. The normalized spacial score (nSPS) is 14.2. The van der Waals surface area contributed by atoms with Crippen molar-refractivity contribution in [3.8, 4) is 0 Å². The Bertz CT molecular complexity index is 611. The van der Waals surface area contributed by atoms with Crippen LogP contribution in [0.2, 0.25) is 5.02 Å². The molecule has 2 atom stereocenters. The Hall–Kier alpha value is -0.870. The molecule has 0 spiro atoms. The van der Waals surface area contributed by atoms with Gasteiger partial charge in [-0.2, -0.15) is 0 Å². The predicted octanol–water partition coefficient (Wildman–Crippen LogP) is 5.43. The largest absolute Gasteiger partial charge is 0.375 e. The Kier molecular flexibility index (Phi) is 7.09. The van der Waals surface area contributed by atoms with Gasteiger partial charge in [-0.25, -0.2) is 0 Å². The first-order valence-electron chi connectivity index (χ1n) is 8.08. The standard InChI is InChI=1S/C19H26ClNOS/c1-13(2)16-10-18(23-12-16)8-14(3)21-11-19(22-4)15-6-5-7-17(20)9-15/h5-7,9-10,12-14,19,21H,8,11H2,1-4H3. The topological polar surface area (TPSA) is 21.3 Å². The molecule has 0 aliphatic carbocycles. The van der Waals surface area contributed by atoms with Crippen molar-refractivity contribution in [1.29, 1.82) is 0 Å². The molecular formula is C19H26ClNOS. The number of hydrogen-bond donors (Lipinski definition) is 1. The number of halogens is 1. The third kappa shape index (κ3) is 5.61. The highest BCUT2D eigenvalue weighted by Gasteiger charge is 2.13. The van der Waals surface area contributed by atoms with E-state index in [4.69, 9.17) is 16.3 Å². The molecule has 0 radical (unpaired) electrons. The second-order valence-electron chi connectivity index (χ2n) is 6.29. The molecule has 0 saturated carbocycles. The van der Waals surface area contributed by atoms with Gasteiger partial charge in [0.15, 0.2) is 0 Å². The van der Waals surface area contributed by atoms with E-state index in [0.29, 0.717) is 12.0 Å². The van der Waals surface area contributed by atoms with E-state index in [0.717, 1.165) is 23.6 Å². The molecule has 126 valence electrons. The Morgan fingerprint density at radius 1 is 1.17 bits per heavy atom. The first kappa shape index (κ1) is 18.5. The fourth-order valence-corrected chi connectivity index (χ4v) is 3.91. The SMILES string of the molecule is COC(CNC(C)Cc1cc(C(C)C)cs1)c1cccc(Cl)c1. The summed E-state index contributed by atoms with van der Waals surface area (Å²) in [5.74, 6) is 0.601. The molecular weight excluding hydrogens is 326 g/mol. The third-order valence-electron chi connectivity index (χ3n) is 4.00. The average Bonchev–Trinajstić information content (AvgIpc) is 2.96. The number of thiophene rings is 1. The van der Waals surface area contributed by atoms with Gasteiger partial charge in [-0.15, -0.1) is 11.3 Å². The monoisotopic (exact) mass is 351 g/mol. The molecule has 0 fully saturated rings. The van der Waals surface area contributed by atoms with Crippen molar-refractivity contribution in [1.82, 2.24) is 5.32 Å². The van der Waals surface area contributed by atoms with Crippen molar-refractivity contribution in [2.24, 2.45) is 0 Å². The van der Waals surface area contributed by atoms with Gasteiger partial charge in [0.1, 0.15) is 0 Å². The Labute approximate surface area is 148 Å². The molecule has 0 aliphatic heterocycles. The van der Waals surface area contributed by atoms with Crippen LogP contribution in [-0.2, 0) is 11.2 Å². The van der Waals surface area contributed by atoms with Crippen molar-refractivity contribution in [3.05, 3.63) is 56.7 Å². The highest BCUT2D eigenvalue weighted by molar-refractivity contribution is 7.10. The number of methoxy groups -OCH3 is 1. The molecule has 2 aromatic rings. The van der Waals surface area contributed by atoms with Crippen LogP contribution in [-0.4, -0.2) is 19.7 Å². The summed E-state index contributed by atoms with van der Waals surface area (Å²) >= 11 is 7.92. The van der Waals surface area contributed by atoms with Crippen molar-refractivity contribution >= 4 is 22.9 Å². The molecule has 0 saturated heterocycles. The lowest BCUT2D eigenvalue weighted by Crippen LogP contribution is -2.32. The van der Waals surface area contributed by atoms with E-state index in [1.54, 1.807) is 7.11 Å². The summed E-state index contributed by atoms with van der Waals surface area (Å²) < 4.78 is 5.61. The van der Waals surface area contributed by atoms with Gasteiger partial charge in [-0.1, -0.05) is 37.6 Å². The van der Waals surface area contributed by atoms with Gasteiger partial charge < -0.3 is 10.1 Å². The lowest BCUT2D eigenvalue weighted by Gasteiger charge is -2.20. The molecule has 0 bridgehead atoms. The summed E-state index contributed by atoms with van der Waals surface area (Å²) in [5, 5.41) is 6.60. The maximum absolute atomic E-state index is 6.07. The van der Waals surface area contributed by atoms with Gasteiger partial charge in [0, 0.05) is 29.6 Å². The molecule has 0 aliphatic rings. The highest BCUT2D eigenvalue weighted by Crippen LogP contribution is 2.23. The minimum absolute atomic E-state index is 0.0192. The van der Waals surface area contributed by atoms with Crippen LogP contribution < -0.4 is 5.32 Å². The Balaban J connectivity index is 1.87. The Morgan fingerprint density at radius 3 is 2.57 bits per heavy atom. The molecule has 23 heavy (non-hydrogen) atoms. The first-order chi connectivity index (χ1) is 11.0. The summed E-state index contributed by atoms with van der Waals surface area (Å²) in [4.78, 5) is 1.44. The van der Waals surface area contributed by atoms with Crippen LogP contribution in [0.15, 0.2) is 35.7 Å². The molecule has 2 rings (SSSR count). The van der Waals surface area contributed by atoms with E-state index in [9.17, 15) is 0 Å². The van der Waals surface area contributed by atoms with Crippen molar-refractivity contribution in [3.63, 3.8) is 0 Å². The van der Waals surface area contributed by atoms with Crippen LogP contribution in [0.4, 0.5) is 0 Å². The zero-order valence-electron chi connectivity index (χ0n) is 14.3. The fourth-order valence-electron chi connectivity index (χ4n) is 2.53. The number of hydrogen-bond acceptors (Lipinski definition) is 3. The summed E-state index contributed by atoms with van der Waals surface area (Å²) in [6, 6.07) is 10.6. The molecule has 1 aromatic carbocycles. The molecule has 2 unspecified atom stereocenters. The number of nitrogens with one attached hydrogen (secondary N) is 1. The summed E-state index contributed by atoms with van der Waals surface area (Å²) in [6.07, 6.45) is 1.06. The second-order valence-corrected chi connectivity index (χ2v) is 7.73. The van der Waals surface area contributed by atoms with Crippen LogP contribution in [0.5, 0.6) is 0 Å². The van der Waals surface area contributed by atoms with Gasteiger partial charge in [-0.3, -0.25) is 0 Å². The summed E-state index contributed by atoms with van der Waals surface area (Å²) in [7, 11) is 1.74. The lowest BCUT2D eigenvalue weighted by atomic mass is 10.1. The van der Waals surface area contributed by atoms with E-state index >= 15 is 0 Å². The van der Waals surface area contributed by atoms with E-state index < -0.39 is 0 Å². The molecule has 1 heterocycles. The molecule has 1 N–H and O–H groups in total. The fraction of sp³-hybridized carbons (Fsp3) is 0.474. The van der Waals surface area contributed by atoms with E-state index in [2.05, 4.69) is 43.6 Å². The first-order valence-corrected chi connectivity index (χ1v) is 9.34. The van der Waals surface area contributed by atoms with Gasteiger partial charge in [-0.05, 0) is 54.0 Å². The highest BCUT2D eigenvalue weighted by atomic mass is 35.5. The van der Waals surface area contributed by atoms with Crippen LogP contribution in [0.3, 0.4) is 0 Å². The van der Waals surface area contributed by atoms with Crippen LogP contribution in [0.1, 0.15) is 48.8 Å². The Morgan fingerprint density at radius 2 is 1.96 bits per heavy atom. The van der Waals surface area contributed by atoms with Crippen LogP contribution >= 0.6 is 22.9 Å². The molecule has 2 nitrogen and oxygen atoms in total. The van der Waals surface area contributed by atoms with Crippen molar-refractivity contribution in [2.45, 2.75) is 45.3 Å². The van der Waals surface area contributed by atoms with Gasteiger partial charge in [0.2, 0.25) is 0 Å². The van der Waals surface area contributed by atoms with Gasteiger partial charge in [0.05, 0.1) is 6.10 Å². The van der Waals surface area contributed by atoms with Crippen LogP contribution in [0, 0.1) is 0 Å². The maximum Gasteiger partial charge on any atom is 0.0946 e. The average molecular weight is 352 g/mol. The third-order valence-corrected chi connectivity index (χ3v) is 5.22.